The lowest BCUT2D eigenvalue weighted by atomic mass is 9.79. The molecule has 184 valence electrons. The summed E-state index contributed by atoms with van der Waals surface area (Å²) < 4.78 is 52.9. The number of rotatable bonds is 5. The van der Waals surface area contributed by atoms with Gasteiger partial charge in [-0.15, -0.1) is 0 Å². The molecule has 2 heterocycles. The van der Waals surface area contributed by atoms with E-state index in [0.29, 0.717) is 11.3 Å². The van der Waals surface area contributed by atoms with Crippen LogP contribution in [-0.4, -0.2) is 35.9 Å². The number of furan rings is 1. The summed E-state index contributed by atoms with van der Waals surface area (Å²) in [4.78, 5) is 25.5. The van der Waals surface area contributed by atoms with E-state index in [1.807, 2.05) is 0 Å². The highest BCUT2D eigenvalue weighted by Gasteiger charge is 2.66. The summed E-state index contributed by atoms with van der Waals surface area (Å²) in [6.07, 6.45) is -5.40. The lowest BCUT2D eigenvalue weighted by molar-refractivity contribution is -0.288. The molecule has 3 N–H and O–H groups in total. The molecule has 3 atom stereocenters. The van der Waals surface area contributed by atoms with Crippen molar-refractivity contribution in [2.24, 2.45) is 5.92 Å². The predicted molar refractivity (Wildman–Crippen MR) is 120 cm³/mol. The zero-order valence-electron chi connectivity index (χ0n) is 17.8. The molecule has 1 aromatic heterocycles. The summed E-state index contributed by atoms with van der Waals surface area (Å²) in [5.41, 5.74) is -3.70. The number of urea groups is 1. The summed E-state index contributed by atoms with van der Waals surface area (Å²) in [7, 11) is 1.39. The van der Waals surface area contributed by atoms with Crippen molar-refractivity contribution in [2.75, 3.05) is 7.11 Å². The lowest BCUT2D eigenvalue weighted by Gasteiger charge is -2.44. The third-order valence-corrected chi connectivity index (χ3v) is 6.43. The number of nitrogens with one attached hydrogen (secondary N) is 2. The average Bonchev–Trinajstić information content (AvgIpc) is 3.29. The number of alkyl halides is 3. The van der Waals surface area contributed by atoms with Gasteiger partial charge in [-0.2, -0.15) is 13.2 Å². The van der Waals surface area contributed by atoms with Gasteiger partial charge in [0, 0.05) is 11.1 Å². The molecule has 2 amide bonds. The Bertz CT molecular complexity index is 1280. The fraction of sp³-hybridized carbons (Fsp3) is 0.217. The summed E-state index contributed by atoms with van der Waals surface area (Å²) in [6, 6.07) is 9.65. The van der Waals surface area contributed by atoms with Gasteiger partial charge in [0.15, 0.2) is 5.78 Å². The molecule has 1 saturated heterocycles. The van der Waals surface area contributed by atoms with Gasteiger partial charge in [0.1, 0.15) is 29.2 Å². The number of hydrogen-bond acceptors (Lipinski definition) is 5. The van der Waals surface area contributed by atoms with E-state index in [0.717, 1.165) is 0 Å². The van der Waals surface area contributed by atoms with Gasteiger partial charge < -0.3 is 24.9 Å². The molecule has 0 saturated carbocycles. The van der Waals surface area contributed by atoms with Gasteiger partial charge in [0.2, 0.25) is 5.72 Å². The highest BCUT2D eigenvalue weighted by molar-refractivity contribution is 6.43. The SMILES string of the molecule is COc1ccc(C(=O)C2C(c3ccc(-c4cccc(Cl)c4Cl)o3)NC(=O)NC2(O)C(F)(F)F)cc1. The normalized spacial score (nSPS) is 22.3. The van der Waals surface area contributed by atoms with E-state index in [1.54, 1.807) is 12.1 Å². The van der Waals surface area contributed by atoms with Crippen molar-refractivity contribution < 1.29 is 37.0 Å². The molecule has 12 heteroatoms. The van der Waals surface area contributed by atoms with Gasteiger partial charge in [-0.25, -0.2) is 4.79 Å². The quantitative estimate of drug-likeness (QED) is 0.386. The zero-order valence-corrected chi connectivity index (χ0v) is 19.3. The van der Waals surface area contributed by atoms with Crippen molar-refractivity contribution in [1.82, 2.24) is 10.6 Å². The fourth-order valence-electron chi connectivity index (χ4n) is 3.87. The Morgan fingerprint density at radius 3 is 2.43 bits per heavy atom. The van der Waals surface area contributed by atoms with Crippen molar-refractivity contribution >= 4 is 35.0 Å². The van der Waals surface area contributed by atoms with Crippen LogP contribution in [0.25, 0.3) is 11.3 Å². The van der Waals surface area contributed by atoms with Crippen LogP contribution in [0.15, 0.2) is 59.0 Å². The minimum Gasteiger partial charge on any atom is -0.497 e. The standard InChI is InChI=1S/C23H17Cl2F3N2O5/c1-34-12-7-5-11(6-8-12)20(31)17-19(29-21(32)30-22(17,33)23(26,27)28)16-10-9-15(35-16)13-3-2-4-14(24)18(13)25/h2-10,17,19,33H,1H3,(H2,29,30,32). The van der Waals surface area contributed by atoms with Crippen LogP contribution in [0.3, 0.4) is 0 Å². The van der Waals surface area contributed by atoms with Crippen LogP contribution in [0.2, 0.25) is 10.0 Å². The lowest BCUT2D eigenvalue weighted by Crippen LogP contribution is -2.72. The van der Waals surface area contributed by atoms with Gasteiger partial charge >= 0.3 is 12.2 Å². The van der Waals surface area contributed by atoms with Crippen LogP contribution in [-0.2, 0) is 0 Å². The summed E-state index contributed by atoms with van der Waals surface area (Å²) in [5.74, 6) is -3.05. The number of Topliss-reactive ketones (excluding diaryl/α,β-unsaturated/α-hetero) is 1. The molecule has 2 aromatic carbocycles. The Morgan fingerprint density at radius 1 is 1.11 bits per heavy atom. The van der Waals surface area contributed by atoms with Gasteiger partial charge in [-0.05, 0) is 48.5 Å². The minimum atomic E-state index is -5.40. The molecular formula is C23H17Cl2F3N2O5. The molecule has 0 radical (unpaired) electrons. The number of amides is 2. The van der Waals surface area contributed by atoms with Crippen molar-refractivity contribution in [3.63, 3.8) is 0 Å². The van der Waals surface area contributed by atoms with E-state index in [4.69, 9.17) is 32.4 Å². The smallest absolute Gasteiger partial charge is 0.437 e. The Balaban J connectivity index is 1.82. The number of halogens is 5. The Hall–Kier alpha value is -3.21. The second-order valence-corrected chi connectivity index (χ2v) is 8.50. The van der Waals surface area contributed by atoms with Gasteiger partial charge in [-0.1, -0.05) is 29.3 Å². The first-order valence-corrected chi connectivity index (χ1v) is 10.8. The number of methoxy groups -OCH3 is 1. The molecule has 35 heavy (non-hydrogen) atoms. The van der Waals surface area contributed by atoms with Crippen molar-refractivity contribution in [3.05, 3.63) is 76.0 Å². The predicted octanol–water partition coefficient (Wildman–Crippen LogP) is 5.37. The number of carbonyl (C=O) groups excluding carboxylic acids is 2. The second-order valence-electron chi connectivity index (χ2n) is 7.71. The molecule has 0 aliphatic carbocycles. The highest BCUT2D eigenvalue weighted by atomic mass is 35.5. The Morgan fingerprint density at radius 2 is 1.80 bits per heavy atom. The van der Waals surface area contributed by atoms with E-state index in [1.165, 1.54) is 54.9 Å². The van der Waals surface area contributed by atoms with E-state index in [9.17, 15) is 27.9 Å². The van der Waals surface area contributed by atoms with Crippen LogP contribution in [0, 0.1) is 5.92 Å². The first-order valence-electron chi connectivity index (χ1n) is 10.1. The monoisotopic (exact) mass is 528 g/mol. The Kier molecular flexibility index (Phi) is 6.48. The van der Waals surface area contributed by atoms with E-state index >= 15 is 0 Å². The largest absolute Gasteiger partial charge is 0.497 e. The molecule has 1 fully saturated rings. The fourth-order valence-corrected chi connectivity index (χ4v) is 4.26. The van der Waals surface area contributed by atoms with E-state index in [-0.39, 0.29) is 27.1 Å². The second kappa shape index (κ2) is 9.10. The van der Waals surface area contributed by atoms with Crippen molar-refractivity contribution in [3.8, 4) is 17.1 Å². The topological polar surface area (TPSA) is 101 Å². The maximum absolute atomic E-state index is 14.1. The number of carbonyl (C=O) groups is 2. The van der Waals surface area contributed by atoms with Gasteiger partial charge in [0.25, 0.3) is 0 Å². The van der Waals surface area contributed by atoms with Gasteiger partial charge in [0.05, 0.1) is 17.2 Å². The first kappa shape index (κ1) is 24.9. The molecular weight excluding hydrogens is 512 g/mol. The minimum absolute atomic E-state index is 0.131. The highest BCUT2D eigenvalue weighted by Crippen LogP contribution is 2.45. The van der Waals surface area contributed by atoms with Crippen LogP contribution in [0.4, 0.5) is 18.0 Å². The first-order chi connectivity index (χ1) is 16.5. The number of ether oxygens (including phenoxy) is 1. The van der Waals surface area contributed by atoms with Crippen molar-refractivity contribution in [2.45, 2.75) is 17.9 Å². The van der Waals surface area contributed by atoms with Gasteiger partial charge in [-0.3, -0.25) is 4.79 Å². The van der Waals surface area contributed by atoms with Crippen LogP contribution in [0.1, 0.15) is 22.2 Å². The number of benzene rings is 2. The van der Waals surface area contributed by atoms with Crippen LogP contribution in [0.5, 0.6) is 5.75 Å². The molecule has 3 aromatic rings. The van der Waals surface area contributed by atoms with E-state index < -0.39 is 35.7 Å². The molecule has 1 aliphatic rings. The average molecular weight is 529 g/mol. The Labute approximate surface area is 206 Å². The maximum Gasteiger partial charge on any atom is 0.437 e. The molecule has 4 rings (SSSR count). The molecule has 0 bridgehead atoms. The number of hydrogen-bond donors (Lipinski definition) is 3. The molecule has 3 unspecified atom stereocenters. The molecule has 7 nitrogen and oxygen atoms in total. The van der Waals surface area contributed by atoms with E-state index in [2.05, 4.69) is 5.32 Å². The third-order valence-electron chi connectivity index (χ3n) is 5.61. The number of ketones is 1. The number of aliphatic hydroxyl groups is 1. The maximum atomic E-state index is 14.1. The van der Waals surface area contributed by atoms with Crippen molar-refractivity contribution in [1.29, 1.82) is 0 Å². The zero-order chi connectivity index (χ0) is 25.5. The summed E-state index contributed by atoms with van der Waals surface area (Å²) in [6.45, 7) is 0. The van der Waals surface area contributed by atoms with Crippen LogP contribution < -0.4 is 15.4 Å². The summed E-state index contributed by atoms with van der Waals surface area (Å²) in [5, 5.41) is 14.8. The third kappa shape index (κ3) is 4.44. The van der Waals surface area contributed by atoms with Crippen LogP contribution >= 0.6 is 23.2 Å². The summed E-state index contributed by atoms with van der Waals surface area (Å²) >= 11 is 12.2. The molecule has 0 spiro atoms. The molecule has 1 aliphatic heterocycles.